The molecule has 238 valence electrons. The van der Waals surface area contributed by atoms with Crippen molar-refractivity contribution >= 4 is 34.9 Å². The summed E-state index contributed by atoms with van der Waals surface area (Å²) in [6.45, 7) is 3.17. The summed E-state index contributed by atoms with van der Waals surface area (Å²) < 4.78 is 12.7. The molecule has 0 radical (unpaired) electrons. The Hall–Kier alpha value is -3.30. The molecule has 4 unspecified atom stereocenters. The largest absolute Gasteiger partial charge is 0.492 e. The predicted molar refractivity (Wildman–Crippen MR) is 193 cm³/mol. The Labute approximate surface area is 281 Å². The first-order valence-corrected chi connectivity index (χ1v) is 18.3. The fraction of sp³-hybridized carbons (Fsp3) is 0.368. The molecule has 4 aromatic rings. The second-order valence-electron chi connectivity index (χ2n) is 13.3. The first kappa shape index (κ1) is 30.1. The van der Waals surface area contributed by atoms with E-state index in [-0.39, 0.29) is 12.1 Å². The van der Waals surface area contributed by atoms with Crippen LogP contribution in [-0.4, -0.2) is 75.8 Å². The van der Waals surface area contributed by atoms with Gasteiger partial charge in [0.05, 0.1) is 12.1 Å². The number of likely N-dealkylation sites (N-methyl/N-ethyl adjacent to an activating group) is 2. The maximum Gasteiger partial charge on any atom is 0.125 e. The number of rotatable bonds is 9. The van der Waals surface area contributed by atoms with Gasteiger partial charge in [-0.2, -0.15) is 0 Å². The molecule has 4 aliphatic rings. The molecule has 6 nitrogen and oxygen atoms in total. The molecule has 4 aromatic carbocycles. The van der Waals surface area contributed by atoms with Gasteiger partial charge in [0.2, 0.25) is 0 Å². The zero-order valence-corrected chi connectivity index (χ0v) is 28.6. The van der Waals surface area contributed by atoms with E-state index in [0.717, 1.165) is 36.1 Å². The quantitative estimate of drug-likeness (QED) is 0.189. The van der Waals surface area contributed by atoms with Gasteiger partial charge in [-0.1, -0.05) is 30.3 Å². The van der Waals surface area contributed by atoms with Crippen LogP contribution in [0.25, 0.3) is 11.1 Å². The topological polar surface area (TPSA) is 49.0 Å². The molecule has 0 fully saturated rings. The maximum absolute atomic E-state index is 6.35. The van der Waals surface area contributed by atoms with Crippen LogP contribution in [0.1, 0.15) is 46.2 Å². The molecule has 0 saturated carbocycles. The van der Waals surface area contributed by atoms with Gasteiger partial charge in [0.1, 0.15) is 24.7 Å². The number of ether oxygens (including phenoxy) is 2. The lowest BCUT2D eigenvalue weighted by atomic mass is 9.88. The van der Waals surface area contributed by atoms with E-state index in [4.69, 9.17) is 9.47 Å². The number of fused-ring (bicyclic) bond motifs is 10. The molecular weight excluding hydrogens is 609 g/mol. The molecule has 0 spiro atoms. The number of nitrogens with one attached hydrogen (secondary N) is 2. The second kappa shape index (κ2) is 12.4. The van der Waals surface area contributed by atoms with Crippen LogP contribution < -0.4 is 20.1 Å². The van der Waals surface area contributed by atoms with Gasteiger partial charge in [0.15, 0.2) is 0 Å². The third-order valence-electron chi connectivity index (χ3n) is 9.77. The van der Waals surface area contributed by atoms with E-state index in [9.17, 15) is 0 Å². The Bertz CT molecular complexity index is 1780. The lowest BCUT2D eigenvalue weighted by Crippen LogP contribution is -2.22. The Balaban J connectivity index is 1.05. The van der Waals surface area contributed by atoms with Crippen molar-refractivity contribution in [2.24, 2.45) is 0 Å². The summed E-state index contributed by atoms with van der Waals surface area (Å²) in [4.78, 5) is 7.00. The van der Waals surface area contributed by atoms with Crippen molar-refractivity contribution in [3.8, 4) is 22.6 Å². The second-order valence-corrected chi connectivity index (χ2v) is 15.4. The first-order chi connectivity index (χ1) is 22.4. The number of hydrogen-bond donors (Lipinski definition) is 2. The van der Waals surface area contributed by atoms with Crippen molar-refractivity contribution in [2.45, 2.75) is 33.7 Å². The SMILES string of the molecule is CN(C)CCOc1cccc2c1C1Nc3cc(-c4ccc5c(c4)C4CSc6cccc(OCCN(C)C)c6C4N5)ccc3C1CS2. The van der Waals surface area contributed by atoms with Crippen molar-refractivity contribution < 1.29 is 9.47 Å². The third kappa shape index (κ3) is 5.43. The molecule has 2 N–H and O–H groups in total. The Morgan fingerprint density at radius 2 is 1.17 bits per heavy atom. The normalized spacial score (nSPS) is 21.8. The summed E-state index contributed by atoms with van der Waals surface area (Å²) in [7, 11) is 8.35. The molecule has 0 amide bonds. The molecule has 4 heterocycles. The Kier molecular flexibility index (Phi) is 8.09. The van der Waals surface area contributed by atoms with E-state index in [1.165, 1.54) is 54.5 Å². The molecule has 0 aromatic heterocycles. The standard InChI is InChI=1S/C38H42N4O2S2/c1-41(2)15-17-43-31-7-5-9-33-35(31)37-27(21-45-33)25-13-11-24(20-30(25)40-37)23-12-14-29-26(19-23)28-22-46-34-10-6-8-32(36(34)38(28)39-29)44-18-16-42(3)4/h5-14,19-20,27-28,37-40H,15-18,21-22H2,1-4H3. The van der Waals surface area contributed by atoms with Crippen molar-refractivity contribution in [1.82, 2.24) is 9.80 Å². The predicted octanol–water partition coefficient (Wildman–Crippen LogP) is 7.95. The highest BCUT2D eigenvalue weighted by molar-refractivity contribution is 7.99. The van der Waals surface area contributed by atoms with Gasteiger partial charge >= 0.3 is 0 Å². The first-order valence-electron chi connectivity index (χ1n) is 16.3. The lowest BCUT2D eigenvalue weighted by Gasteiger charge is -2.30. The molecule has 8 heteroatoms. The van der Waals surface area contributed by atoms with Crippen LogP contribution in [0, 0.1) is 0 Å². The van der Waals surface area contributed by atoms with Crippen LogP contribution in [0.3, 0.4) is 0 Å². The zero-order valence-electron chi connectivity index (χ0n) is 27.0. The van der Waals surface area contributed by atoms with Gasteiger partial charge in [0, 0.05) is 68.7 Å². The van der Waals surface area contributed by atoms with Crippen molar-refractivity contribution in [1.29, 1.82) is 0 Å². The monoisotopic (exact) mass is 650 g/mol. The minimum absolute atomic E-state index is 0.230. The summed E-state index contributed by atoms with van der Waals surface area (Å²) in [5.74, 6) is 5.00. The molecule has 0 saturated heterocycles. The van der Waals surface area contributed by atoms with E-state index in [2.05, 4.69) is 121 Å². The summed E-state index contributed by atoms with van der Waals surface area (Å²) in [6.07, 6.45) is 0. The molecule has 0 aliphatic carbocycles. The van der Waals surface area contributed by atoms with E-state index in [1.807, 2.05) is 23.5 Å². The van der Waals surface area contributed by atoms with Gasteiger partial charge in [-0.25, -0.2) is 0 Å². The molecule has 0 bridgehead atoms. The van der Waals surface area contributed by atoms with Crippen molar-refractivity contribution in [2.75, 3.05) is 76.6 Å². The smallest absolute Gasteiger partial charge is 0.125 e. The Morgan fingerprint density at radius 1 is 0.630 bits per heavy atom. The highest BCUT2D eigenvalue weighted by Gasteiger charge is 2.41. The number of thioether (sulfide) groups is 2. The lowest BCUT2D eigenvalue weighted by molar-refractivity contribution is 0.257. The van der Waals surface area contributed by atoms with Gasteiger partial charge in [0.25, 0.3) is 0 Å². The van der Waals surface area contributed by atoms with Crippen LogP contribution >= 0.6 is 23.5 Å². The zero-order chi connectivity index (χ0) is 31.4. The van der Waals surface area contributed by atoms with Crippen molar-refractivity contribution in [3.63, 3.8) is 0 Å². The van der Waals surface area contributed by atoms with Crippen LogP contribution in [0.5, 0.6) is 11.5 Å². The van der Waals surface area contributed by atoms with Crippen LogP contribution in [0.15, 0.2) is 82.6 Å². The van der Waals surface area contributed by atoms with Gasteiger partial charge in [-0.3, -0.25) is 0 Å². The van der Waals surface area contributed by atoms with Crippen LogP contribution in [-0.2, 0) is 0 Å². The number of anilines is 2. The Morgan fingerprint density at radius 3 is 1.78 bits per heavy atom. The summed E-state index contributed by atoms with van der Waals surface area (Å²) in [6, 6.07) is 27.6. The highest BCUT2D eigenvalue weighted by atomic mass is 32.2. The highest BCUT2D eigenvalue weighted by Crippen LogP contribution is 2.57. The van der Waals surface area contributed by atoms with E-state index < -0.39 is 0 Å². The van der Waals surface area contributed by atoms with E-state index >= 15 is 0 Å². The molecule has 4 aliphatic heterocycles. The average molecular weight is 651 g/mol. The number of hydrogen-bond acceptors (Lipinski definition) is 8. The van der Waals surface area contributed by atoms with E-state index in [0.29, 0.717) is 25.0 Å². The van der Waals surface area contributed by atoms with Gasteiger partial charge in [-0.05, 0) is 92.9 Å². The summed E-state index contributed by atoms with van der Waals surface area (Å²) >= 11 is 3.92. The summed E-state index contributed by atoms with van der Waals surface area (Å²) in [5.41, 5.74) is 10.5. The molecular formula is C38H42N4O2S2. The maximum atomic E-state index is 6.35. The number of nitrogens with zero attached hydrogens (tertiary/aromatic N) is 2. The molecule has 46 heavy (non-hydrogen) atoms. The van der Waals surface area contributed by atoms with Crippen LogP contribution in [0.4, 0.5) is 11.4 Å². The van der Waals surface area contributed by atoms with E-state index in [1.54, 1.807) is 0 Å². The summed E-state index contributed by atoms with van der Waals surface area (Å²) in [5, 5.41) is 7.83. The van der Waals surface area contributed by atoms with Crippen molar-refractivity contribution in [3.05, 3.63) is 95.1 Å². The molecule has 8 rings (SSSR count). The molecule has 4 atom stereocenters. The van der Waals surface area contributed by atoms with Gasteiger partial charge in [-0.15, -0.1) is 23.5 Å². The average Bonchev–Trinajstić information content (AvgIpc) is 3.62. The fourth-order valence-corrected chi connectivity index (χ4v) is 9.96. The third-order valence-corrected chi connectivity index (χ3v) is 12.2. The number of benzene rings is 4. The van der Waals surface area contributed by atoms with Gasteiger partial charge < -0.3 is 29.9 Å². The fourth-order valence-electron chi connectivity index (χ4n) is 7.38. The van der Waals surface area contributed by atoms with Crippen LogP contribution in [0.2, 0.25) is 0 Å². The minimum atomic E-state index is 0.230. The minimum Gasteiger partial charge on any atom is -0.492 e.